The van der Waals surface area contributed by atoms with E-state index >= 15 is 0 Å². The van der Waals surface area contributed by atoms with Crippen molar-refractivity contribution in [3.63, 3.8) is 0 Å². The van der Waals surface area contributed by atoms with Gasteiger partial charge in [-0.2, -0.15) is 0 Å². The van der Waals surface area contributed by atoms with E-state index in [1.165, 1.54) is 0 Å². The molecule has 1 aromatic carbocycles. The Morgan fingerprint density at radius 3 is 2.72 bits per heavy atom. The van der Waals surface area contributed by atoms with Crippen LogP contribution < -0.4 is 5.32 Å². The Bertz CT molecular complexity index is 410. The van der Waals surface area contributed by atoms with Gasteiger partial charge in [-0.15, -0.1) is 0 Å². The zero-order chi connectivity index (χ0) is 13.5. The number of hydrogen-bond donors (Lipinski definition) is 1. The number of halogens is 1. The Balaban J connectivity index is 2.67. The molecule has 0 saturated heterocycles. The molecule has 18 heavy (non-hydrogen) atoms. The molecule has 0 fully saturated rings. The third kappa shape index (κ3) is 4.38. The average Bonchev–Trinajstić information content (AvgIpc) is 2.35. The fraction of sp³-hybridized carbons (Fsp3) is 0.538. The Morgan fingerprint density at radius 1 is 1.44 bits per heavy atom. The minimum atomic E-state index is -0.364. The molecule has 0 saturated carbocycles. The normalized spacial score (nSPS) is 12.4. The summed E-state index contributed by atoms with van der Waals surface area (Å²) in [4.78, 5) is 10.5. The van der Waals surface area contributed by atoms with Gasteiger partial charge in [-0.1, -0.05) is 26.3 Å². The molecule has 0 bridgehead atoms. The van der Waals surface area contributed by atoms with Gasteiger partial charge in [0.1, 0.15) is 0 Å². The molecular weight excluding hydrogens is 296 g/mol. The maximum absolute atomic E-state index is 10.8. The topological polar surface area (TPSA) is 55.2 Å². The van der Waals surface area contributed by atoms with Gasteiger partial charge < -0.3 is 5.32 Å². The van der Waals surface area contributed by atoms with Crippen LogP contribution in [0.25, 0.3) is 0 Å². The molecule has 0 aromatic heterocycles. The SMILES string of the molecule is CCCC(CC)NCc1ccc(Br)c([N+](=O)[O-])c1. The molecule has 1 aromatic rings. The first-order valence-electron chi connectivity index (χ1n) is 6.24. The zero-order valence-corrected chi connectivity index (χ0v) is 12.4. The number of nitro groups is 1. The van der Waals surface area contributed by atoms with Crippen molar-refractivity contribution in [3.05, 3.63) is 38.3 Å². The summed E-state index contributed by atoms with van der Waals surface area (Å²) in [6.07, 6.45) is 3.35. The molecule has 100 valence electrons. The third-order valence-corrected chi connectivity index (χ3v) is 3.60. The maximum Gasteiger partial charge on any atom is 0.283 e. The highest BCUT2D eigenvalue weighted by atomic mass is 79.9. The molecule has 0 aliphatic rings. The van der Waals surface area contributed by atoms with Gasteiger partial charge in [-0.05, 0) is 40.4 Å². The molecule has 0 aliphatic heterocycles. The monoisotopic (exact) mass is 314 g/mol. The highest BCUT2D eigenvalue weighted by molar-refractivity contribution is 9.10. The van der Waals surface area contributed by atoms with Crippen molar-refractivity contribution in [3.8, 4) is 0 Å². The number of rotatable bonds is 7. The molecule has 0 heterocycles. The summed E-state index contributed by atoms with van der Waals surface area (Å²) in [7, 11) is 0. The number of nitrogens with zero attached hydrogens (tertiary/aromatic N) is 1. The predicted molar refractivity (Wildman–Crippen MR) is 76.6 cm³/mol. The first kappa shape index (κ1) is 15.1. The first-order valence-corrected chi connectivity index (χ1v) is 7.04. The minimum Gasteiger partial charge on any atom is -0.310 e. The van der Waals surface area contributed by atoms with Crippen molar-refractivity contribution in [1.82, 2.24) is 5.32 Å². The van der Waals surface area contributed by atoms with Crippen molar-refractivity contribution in [2.75, 3.05) is 0 Å². The lowest BCUT2D eigenvalue weighted by atomic mass is 10.1. The Morgan fingerprint density at radius 2 is 2.17 bits per heavy atom. The Kier molecular flexibility index (Phi) is 6.29. The van der Waals surface area contributed by atoms with E-state index in [9.17, 15) is 10.1 Å². The lowest BCUT2D eigenvalue weighted by Crippen LogP contribution is -2.27. The molecule has 4 nitrogen and oxygen atoms in total. The second kappa shape index (κ2) is 7.48. The second-order valence-electron chi connectivity index (χ2n) is 4.32. The van der Waals surface area contributed by atoms with E-state index in [0.29, 0.717) is 17.1 Å². The van der Waals surface area contributed by atoms with Gasteiger partial charge in [0.25, 0.3) is 5.69 Å². The van der Waals surface area contributed by atoms with Crippen LogP contribution >= 0.6 is 15.9 Å². The molecule has 0 aliphatic carbocycles. The molecular formula is C13H19BrN2O2. The van der Waals surface area contributed by atoms with Crippen LogP contribution in [0.4, 0.5) is 5.69 Å². The number of hydrogen-bond acceptors (Lipinski definition) is 3. The molecule has 5 heteroatoms. The van der Waals surface area contributed by atoms with Gasteiger partial charge in [-0.25, -0.2) is 0 Å². The Hall–Kier alpha value is -0.940. The van der Waals surface area contributed by atoms with Gasteiger partial charge in [0.2, 0.25) is 0 Å². The van der Waals surface area contributed by atoms with Crippen LogP contribution in [0.5, 0.6) is 0 Å². The average molecular weight is 315 g/mol. The predicted octanol–water partition coefficient (Wildman–Crippen LogP) is 4.03. The van der Waals surface area contributed by atoms with Crippen LogP contribution in [0.1, 0.15) is 38.7 Å². The second-order valence-corrected chi connectivity index (χ2v) is 5.17. The molecule has 1 atom stereocenters. The van der Waals surface area contributed by atoms with Gasteiger partial charge in [0.15, 0.2) is 0 Å². The van der Waals surface area contributed by atoms with Gasteiger partial charge >= 0.3 is 0 Å². The largest absolute Gasteiger partial charge is 0.310 e. The van der Waals surface area contributed by atoms with E-state index in [1.807, 2.05) is 6.07 Å². The highest BCUT2D eigenvalue weighted by Gasteiger charge is 2.12. The minimum absolute atomic E-state index is 0.123. The lowest BCUT2D eigenvalue weighted by Gasteiger charge is -2.15. The van der Waals surface area contributed by atoms with E-state index in [4.69, 9.17) is 0 Å². The number of nitro benzene ring substituents is 1. The summed E-state index contributed by atoms with van der Waals surface area (Å²) in [5, 5.41) is 14.3. The zero-order valence-electron chi connectivity index (χ0n) is 10.8. The van der Waals surface area contributed by atoms with Crippen LogP contribution in [0, 0.1) is 10.1 Å². The van der Waals surface area contributed by atoms with Crippen molar-refractivity contribution in [1.29, 1.82) is 0 Å². The van der Waals surface area contributed by atoms with E-state index in [0.717, 1.165) is 24.8 Å². The summed E-state index contributed by atoms with van der Waals surface area (Å²) < 4.78 is 0.525. The summed E-state index contributed by atoms with van der Waals surface area (Å²) in [5.74, 6) is 0. The van der Waals surface area contributed by atoms with Crippen LogP contribution in [-0.4, -0.2) is 11.0 Å². The quantitative estimate of drug-likeness (QED) is 0.610. The third-order valence-electron chi connectivity index (χ3n) is 2.93. The molecule has 0 amide bonds. The molecule has 0 radical (unpaired) electrons. The summed E-state index contributed by atoms with van der Waals surface area (Å²) in [6, 6.07) is 5.74. The molecule has 1 rings (SSSR count). The van der Waals surface area contributed by atoms with Crippen LogP contribution in [-0.2, 0) is 6.54 Å². The smallest absolute Gasteiger partial charge is 0.283 e. The van der Waals surface area contributed by atoms with Crippen LogP contribution in [0.3, 0.4) is 0 Å². The number of nitrogens with one attached hydrogen (secondary N) is 1. The standard InChI is InChI=1S/C13H19BrN2O2/c1-3-5-11(4-2)15-9-10-6-7-12(14)13(8-10)16(17)18/h6-8,11,15H,3-5,9H2,1-2H3. The van der Waals surface area contributed by atoms with Gasteiger partial charge in [0, 0.05) is 18.7 Å². The summed E-state index contributed by atoms with van der Waals surface area (Å²) in [6.45, 7) is 4.98. The summed E-state index contributed by atoms with van der Waals surface area (Å²) in [5.41, 5.74) is 1.07. The lowest BCUT2D eigenvalue weighted by molar-refractivity contribution is -0.385. The van der Waals surface area contributed by atoms with E-state index in [2.05, 4.69) is 35.1 Å². The van der Waals surface area contributed by atoms with Crippen LogP contribution in [0.2, 0.25) is 0 Å². The summed E-state index contributed by atoms with van der Waals surface area (Å²) >= 11 is 3.19. The fourth-order valence-corrected chi connectivity index (χ4v) is 2.26. The van der Waals surface area contributed by atoms with Gasteiger partial charge in [0.05, 0.1) is 9.40 Å². The fourth-order valence-electron chi connectivity index (χ4n) is 1.87. The molecule has 1 unspecified atom stereocenters. The Labute approximate surface area is 116 Å². The van der Waals surface area contributed by atoms with E-state index < -0.39 is 0 Å². The van der Waals surface area contributed by atoms with Crippen molar-refractivity contribution < 1.29 is 4.92 Å². The van der Waals surface area contributed by atoms with Crippen molar-refractivity contribution in [2.24, 2.45) is 0 Å². The molecule has 0 spiro atoms. The van der Waals surface area contributed by atoms with E-state index in [1.54, 1.807) is 12.1 Å². The first-order chi connectivity index (χ1) is 8.58. The molecule has 1 N–H and O–H groups in total. The van der Waals surface area contributed by atoms with Crippen molar-refractivity contribution in [2.45, 2.75) is 45.7 Å². The number of benzene rings is 1. The van der Waals surface area contributed by atoms with Crippen molar-refractivity contribution >= 4 is 21.6 Å². The maximum atomic E-state index is 10.8. The van der Waals surface area contributed by atoms with Crippen LogP contribution in [0.15, 0.2) is 22.7 Å². The van der Waals surface area contributed by atoms with Gasteiger partial charge in [-0.3, -0.25) is 10.1 Å². The van der Waals surface area contributed by atoms with E-state index in [-0.39, 0.29) is 10.6 Å². The highest BCUT2D eigenvalue weighted by Crippen LogP contribution is 2.25.